The van der Waals surface area contributed by atoms with Gasteiger partial charge in [-0.1, -0.05) is 18.2 Å². The van der Waals surface area contributed by atoms with Gasteiger partial charge in [0.05, 0.1) is 18.6 Å². The summed E-state index contributed by atoms with van der Waals surface area (Å²) in [6.45, 7) is 1.55. The molecule has 0 aliphatic heterocycles. The number of aromatic nitrogens is 1. The van der Waals surface area contributed by atoms with Gasteiger partial charge < -0.3 is 47.7 Å². The number of nitrogens with one attached hydrogen (secondary N) is 4. The Labute approximate surface area is 224 Å². The van der Waals surface area contributed by atoms with E-state index < -0.39 is 66.4 Å². The van der Waals surface area contributed by atoms with Crippen LogP contribution in [0, 0.1) is 0 Å². The minimum absolute atomic E-state index is 0.0483. The summed E-state index contributed by atoms with van der Waals surface area (Å²) in [7, 11) is 0. The number of amides is 3. The van der Waals surface area contributed by atoms with Crippen LogP contribution in [-0.4, -0.2) is 86.8 Å². The number of carboxylic acids is 2. The summed E-state index contributed by atoms with van der Waals surface area (Å²) in [5, 5.41) is 36.4. The third-order valence-corrected chi connectivity index (χ3v) is 6.09. The maximum atomic E-state index is 12.9. The molecule has 0 saturated heterocycles. The Bertz CT molecular complexity index is 1170. The molecule has 14 heteroatoms. The molecule has 1 heterocycles. The predicted octanol–water partition coefficient (Wildman–Crippen LogP) is -1.44. The average molecular weight is 549 g/mol. The number of aromatic amines is 1. The third-order valence-electron chi connectivity index (χ3n) is 6.09. The van der Waals surface area contributed by atoms with Crippen molar-refractivity contribution in [1.29, 1.82) is 0 Å². The molecule has 5 unspecified atom stereocenters. The molecule has 39 heavy (non-hydrogen) atoms. The first-order valence-electron chi connectivity index (χ1n) is 12.5. The first-order valence-corrected chi connectivity index (χ1v) is 12.5. The van der Waals surface area contributed by atoms with Crippen molar-refractivity contribution in [2.24, 2.45) is 11.5 Å². The van der Waals surface area contributed by atoms with Crippen LogP contribution in [0.2, 0.25) is 0 Å². The van der Waals surface area contributed by atoms with E-state index in [0.29, 0.717) is 19.4 Å². The van der Waals surface area contributed by atoms with Crippen LogP contribution in [0.5, 0.6) is 0 Å². The molecule has 11 N–H and O–H groups in total. The van der Waals surface area contributed by atoms with Crippen molar-refractivity contribution in [3.05, 3.63) is 36.0 Å². The Morgan fingerprint density at radius 3 is 2.23 bits per heavy atom. The molecular formula is C25H36N6O8. The lowest BCUT2D eigenvalue weighted by molar-refractivity contribution is -0.144. The molecule has 0 radical (unpaired) electrons. The lowest BCUT2D eigenvalue weighted by atomic mass is 10.0. The zero-order valence-electron chi connectivity index (χ0n) is 21.6. The van der Waals surface area contributed by atoms with Gasteiger partial charge in [0.1, 0.15) is 18.1 Å². The number of carbonyl (C=O) groups is 5. The SMILES string of the molecule is CC(O)C(NC(=O)C(N)Cc1c[nH]c2ccccc12)C(=O)NC(CC(=O)O)C(=O)NC(CCCCN)C(=O)O. The zero-order valence-corrected chi connectivity index (χ0v) is 21.6. The Morgan fingerprint density at radius 1 is 0.949 bits per heavy atom. The fourth-order valence-electron chi connectivity index (χ4n) is 3.96. The maximum Gasteiger partial charge on any atom is 0.326 e. The molecule has 0 aliphatic rings. The van der Waals surface area contributed by atoms with Crippen LogP contribution in [0.25, 0.3) is 10.9 Å². The molecule has 1 aromatic carbocycles. The molecule has 214 valence electrons. The molecule has 0 spiro atoms. The molecule has 2 rings (SSSR count). The highest BCUT2D eigenvalue weighted by Gasteiger charge is 2.33. The fourth-order valence-corrected chi connectivity index (χ4v) is 3.96. The Balaban J connectivity index is 2.08. The summed E-state index contributed by atoms with van der Waals surface area (Å²) < 4.78 is 0. The number of hydrogen-bond donors (Lipinski definition) is 9. The molecule has 0 bridgehead atoms. The fraction of sp³-hybridized carbons (Fsp3) is 0.480. The van der Waals surface area contributed by atoms with Crippen molar-refractivity contribution in [2.75, 3.05) is 6.54 Å². The van der Waals surface area contributed by atoms with Gasteiger partial charge in [-0.3, -0.25) is 19.2 Å². The number of aliphatic hydroxyl groups excluding tert-OH is 1. The van der Waals surface area contributed by atoms with Crippen LogP contribution >= 0.6 is 0 Å². The molecule has 3 amide bonds. The minimum atomic E-state index is -1.68. The summed E-state index contributed by atoms with van der Waals surface area (Å²) in [5.41, 5.74) is 13.1. The van der Waals surface area contributed by atoms with Gasteiger partial charge in [0.25, 0.3) is 0 Å². The van der Waals surface area contributed by atoms with E-state index in [1.54, 1.807) is 6.20 Å². The number of aliphatic carboxylic acids is 2. The van der Waals surface area contributed by atoms with Crippen molar-refractivity contribution in [1.82, 2.24) is 20.9 Å². The molecule has 0 aliphatic carbocycles. The quantitative estimate of drug-likeness (QED) is 0.110. The van der Waals surface area contributed by atoms with Crippen LogP contribution in [0.3, 0.4) is 0 Å². The lowest BCUT2D eigenvalue weighted by Crippen LogP contribution is -2.60. The summed E-state index contributed by atoms with van der Waals surface area (Å²) >= 11 is 0. The van der Waals surface area contributed by atoms with Gasteiger partial charge in [0.15, 0.2) is 0 Å². The van der Waals surface area contributed by atoms with E-state index >= 15 is 0 Å². The largest absolute Gasteiger partial charge is 0.481 e. The van der Waals surface area contributed by atoms with Crippen molar-refractivity contribution < 1.29 is 39.3 Å². The standard InChI is InChI=1S/C25H36N6O8/c1-13(32)21(31-22(35)16(27)10-14-12-28-17-7-3-2-6-15(14)17)24(37)30-19(11-20(33)34)23(36)29-18(25(38)39)8-4-5-9-26/h2-3,6-7,12-13,16,18-19,21,28,32H,4-5,8-11,26-27H2,1H3,(H,29,36)(H,30,37)(H,31,35)(H,33,34)(H,38,39). The Kier molecular flexibility index (Phi) is 11.8. The molecule has 5 atom stereocenters. The van der Waals surface area contributed by atoms with E-state index in [0.717, 1.165) is 16.5 Å². The molecule has 0 fully saturated rings. The topological polar surface area (TPSA) is 250 Å². The average Bonchev–Trinajstić information content (AvgIpc) is 3.28. The number of unbranched alkanes of at least 4 members (excludes halogenated alkanes) is 1. The van der Waals surface area contributed by atoms with Gasteiger partial charge in [-0.15, -0.1) is 0 Å². The van der Waals surface area contributed by atoms with Crippen LogP contribution in [0.15, 0.2) is 30.5 Å². The Morgan fingerprint density at radius 2 is 1.62 bits per heavy atom. The molecule has 1 aromatic heterocycles. The number of hydrogen-bond acceptors (Lipinski definition) is 8. The summed E-state index contributed by atoms with van der Waals surface area (Å²) in [4.78, 5) is 64.4. The first-order chi connectivity index (χ1) is 18.4. The highest BCUT2D eigenvalue weighted by molar-refractivity contribution is 5.96. The maximum absolute atomic E-state index is 12.9. The number of aliphatic hydroxyl groups is 1. The number of carboxylic acid groups (broad SMARTS) is 2. The number of carbonyl (C=O) groups excluding carboxylic acids is 3. The highest BCUT2D eigenvalue weighted by Crippen LogP contribution is 2.18. The van der Waals surface area contributed by atoms with E-state index in [1.807, 2.05) is 24.3 Å². The van der Waals surface area contributed by atoms with Crippen LogP contribution in [-0.2, 0) is 30.4 Å². The van der Waals surface area contributed by atoms with Crippen molar-refractivity contribution in [3.8, 4) is 0 Å². The summed E-state index contributed by atoms with van der Waals surface area (Å²) in [6, 6.07) is 1.73. The first kappa shape index (κ1) is 31.2. The van der Waals surface area contributed by atoms with Crippen molar-refractivity contribution in [2.45, 2.75) is 69.3 Å². The van der Waals surface area contributed by atoms with Gasteiger partial charge in [-0.2, -0.15) is 0 Å². The second kappa shape index (κ2) is 14.8. The summed E-state index contributed by atoms with van der Waals surface area (Å²) in [6.07, 6.45) is 0.498. The van der Waals surface area contributed by atoms with Gasteiger partial charge in [-0.25, -0.2) is 4.79 Å². The molecule has 2 aromatic rings. The van der Waals surface area contributed by atoms with Gasteiger partial charge >= 0.3 is 11.9 Å². The second-order valence-corrected chi connectivity index (χ2v) is 9.24. The number of fused-ring (bicyclic) bond motifs is 1. The van der Waals surface area contributed by atoms with E-state index in [1.165, 1.54) is 6.92 Å². The second-order valence-electron chi connectivity index (χ2n) is 9.24. The van der Waals surface area contributed by atoms with E-state index in [4.69, 9.17) is 11.5 Å². The van der Waals surface area contributed by atoms with Crippen molar-refractivity contribution in [3.63, 3.8) is 0 Å². The number of benzene rings is 1. The Hall–Kier alpha value is -4.01. The van der Waals surface area contributed by atoms with Gasteiger partial charge in [-0.05, 0) is 50.8 Å². The highest BCUT2D eigenvalue weighted by atomic mass is 16.4. The zero-order chi connectivity index (χ0) is 29.1. The van der Waals surface area contributed by atoms with Crippen LogP contribution in [0.1, 0.15) is 38.2 Å². The smallest absolute Gasteiger partial charge is 0.326 e. The third kappa shape index (κ3) is 9.35. The van der Waals surface area contributed by atoms with Crippen molar-refractivity contribution >= 4 is 40.6 Å². The molecular weight excluding hydrogens is 512 g/mol. The molecule has 14 nitrogen and oxygen atoms in total. The van der Waals surface area contributed by atoms with Gasteiger partial charge in [0.2, 0.25) is 17.7 Å². The van der Waals surface area contributed by atoms with E-state index in [9.17, 15) is 39.3 Å². The molecule has 0 saturated carbocycles. The number of para-hydroxylation sites is 1. The lowest BCUT2D eigenvalue weighted by Gasteiger charge is -2.26. The summed E-state index contributed by atoms with van der Waals surface area (Å²) in [5.74, 6) is -5.62. The predicted molar refractivity (Wildman–Crippen MR) is 140 cm³/mol. The number of rotatable bonds is 16. The van der Waals surface area contributed by atoms with Crippen LogP contribution < -0.4 is 27.4 Å². The normalized spacial score (nSPS) is 15.0. The van der Waals surface area contributed by atoms with E-state index in [2.05, 4.69) is 20.9 Å². The van der Waals surface area contributed by atoms with E-state index in [-0.39, 0.29) is 12.8 Å². The van der Waals surface area contributed by atoms with Gasteiger partial charge in [0, 0.05) is 17.1 Å². The minimum Gasteiger partial charge on any atom is -0.481 e. The number of H-pyrrole nitrogens is 1. The number of nitrogens with two attached hydrogens (primary N) is 2. The van der Waals surface area contributed by atoms with Crippen LogP contribution in [0.4, 0.5) is 0 Å². The monoisotopic (exact) mass is 548 g/mol.